The molecule has 0 aromatic heterocycles. The minimum absolute atomic E-state index is 0.0172. The summed E-state index contributed by atoms with van der Waals surface area (Å²) < 4.78 is 58.5. The van der Waals surface area contributed by atoms with Crippen molar-refractivity contribution in [2.45, 2.75) is 31.8 Å². The van der Waals surface area contributed by atoms with Crippen molar-refractivity contribution < 1.29 is 31.5 Å². The summed E-state index contributed by atoms with van der Waals surface area (Å²) in [4.78, 5) is 24.4. The van der Waals surface area contributed by atoms with Crippen LogP contribution in [0.4, 0.5) is 14.5 Å². The Hall–Kier alpha value is -2.85. The Balaban J connectivity index is 2.08. The Kier molecular flexibility index (Phi) is 7.63. The van der Waals surface area contributed by atoms with E-state index in [0.717, 1.165) is 18.2 Å². The van der Waals surface area contributed by atoms with Crippen molar-refractivity contribution in [1.82, 2.24) is 4.31 Å². The van der Waals surface area contributed by atoms with Crippen molar-refractivity contribution in [3.8, 4) is 0 Å². The largest absolute Gasteiger partial charge is 0.449 e. The third-order valence-corrected chi connectivity index (χ3v) is 6.36. The highest BCUT2D eigenvalue weighted by Crippen LogP contribution is 2.19. The zero-order chi connectivity index (χ0) is 22.5. The molecule has 1 N–H and O–H groups in total. The van der Waals surface area contributed by atoms with Gasteiger partial charge in [0.25, 0.3) is 5.91 Å². The van der Waals surface area contributed by atoms with E-state index in [1.54, 1.807) is 13.8 Å². The molecule has 0 aliphatic heterocycles. The number of anilines is 1. The summed E-state index contributed by atoms with van der Waals surface area (Å²) in [7, 11) is -3.68. The molecular weight excluding hydrogens is 418 g/mol. The summed E-state index contributed by atoms with van der Waals surface area (Å²) in [6.45, 7) is 5.28. The Bertz CT molecular complexity index is 1000. The van der Waals surface area contributed by atoms with E-state index in [1.165, 1.54) is 35.5 Å². The number of sulfonamides is 1. The van der Waals surface area contributed by atoms with Crippen molar-refractivity contribution in [2.75, 3.05) is 18.4 Å². The summed E-state index contributed by atoms with van der Waals surface area (Å²) in [5, 5.41) is 2.04. The van der Waals surface area contributed by atoms with Crippen molar-refractivity contribution in [1.29, 1.82) is 0 Å². The van der Waals surface area contributed by atoms with Crippen LogP contribution in [0.15, 0.2) is 47.4 Å². The maximum Gasteiger partial charge on any atom is 0.338 e. The van der Waals surface area contributed by atoms with Crippen LogP contribution in [0.3, 0.4) is 0 Å². The van der Waals surface area contributed by atoms with Crippen LogP contribution in [0.5, 0.6) is 0 Å². The first kappa shape index (κ1) is 23.4. The molecule has 0 saturated heterocycles. The second-order valence-corrected chi connectivity index (χ2v) is 8.19. The molecule has 2 rings (SSSR count). The molecule has 30 heavy (non-hydrogen) atoms. The van der Waals surface area contributed by atoms with Gasteiger partial charge in [0.15, 0.2) is 6.10 Å². The van der Waals surface area contributed by atoms with Crippen molar-refractivity contribution in [3.63, 3.8) is 0 Å². The first-order valence-electron chi connectivity index (χ1n) is 9.17. The van der Waals surface area contributed by atoms with E-state index in [0.29, 0.717) is 13.1 Å². The molecule has 1 amide bonds. The highest BCUT2D eigenvalue weighted by atomic mass is 32.2. The van der Waals surface area contributed by atoms with Gasteiger partial charge in [-0.1, -0.05) is 19.9 Å². The number of nitrogens with zero attached hydrogens (tertiary/aromatic N) is 1. The van der Waals surface area contributed by atoms with Gasteiger partial charge in [0.05, 0.1) is 10.5 Å². The molecular formula is C20H22F2N2O5S. The summed E-state index contributed by atoms with van der Waals surface area (Å²) in [6.07, 6.45) is -1.35. The van der Waals surface area contributed by atoms with Gasteiger partial charge in [0.1, 0.15) is 17.3 Å². The van der Waals surface area contributed by atoms with Crippen LogP contribution in [0, 0.1) is 11.6 Å². The summed E-state index contributed by atoms with van der Waals surface area (Å²) in [5.74, 6) is -3.75. The van der Waals surface area contributed by atoms with Gasteiger partial charge in [0.2, 0.25) is 10.0 Å². The lowest BCUT2D eigenvalue weighted by Crippen LogP contribution is -2.31. The van der Waals surface area contributed by atoms with Crippen LogP contribution in [-0.4, -0.2) is 43.8 Å². The van der Waals surface area contributed by atoms with Crippen LogP contribution in [-0.2, 0) is 19.6 Å². The number of para-hydroxylation sites is 1. The van der Waals surface area contributed by atoms with Gasteiger partial charge in [-0.3, -0.25) is 4.79 Å². The number of nitrogens with one attached hydrogen (secondary N) is 1. The number of ether oxygens (including phenoxy) is 1. The third-order valence-electron chi connectivity index (χ3n) is 4.30. The topological polar surface area (TPSA) is 92.8 Å². The number of amides is 1. The van der Waals surface area contributed by atoms with E-state index >= 15 is 0 Å². The van der Waals surface area contributed by atoms with E-state index in [2.05, 4.69) is 0 Å². The molecule has 0 saturated carbocycles. The van der Waals surface area contributed by atoms with Crippen LogP contribution in [0.25, 0.3) is 0 Å². The van der Waals surface area contributed by atoms with E-state index in [-0.39, 0.29) is 10.5 Å². The lowest BCUT2D eigenvalue weighted by atomic mass is 10.2. The Morgan fingerprint density at radius 1 is 1.03 bits per heavy atom. The van der Waals surface area contributed by atoms with E-state index in [1.807, 2.05) is 5.32 Å². The van der Waals surface area contributed by atoms with Crippen LogP contribution in [0.1, 0.15) is 31.1 Å². The number of carbonyl (C=O) groups excluding carboxylic acids is 2. The van der Waals surface area contributed by atoms with E-state index in [4.69, 9.17) is 4.74 Å². The van der Waals surface area contributed by atoms with Crippen LogP contribution in [0.2, 0.25) is 0 Å². The molecule has 2 aromatic carbocycles. The molecule has 2 aromatic rings. The average Bonchev–Trinajstić information content (AvgIpc) is 2.71. The van der Waals surface area contributed by atoms with Gasteiger partial charge in [-0.25, -0.2) is 22.0 Å². The zero-order valence-electron chi connectivity index (χ0n) is 16.7. The predicted molar refractivity (Wildman–Crippen MR) is 106 cm³/mol. The minimum atomic E-state index is -3.68. The van der Waals surface area contributed by atoms with Crippen molar-refractivity contribution in [3.05, 3.63) is 59.7 Å². The van der Waals surface area contributed by atoms with Gasteiger partial charge in [-0.05, 0) is 43.3 Å². The van der Waals surface area contributed by atoms with Gasteiger partial charge in [-0.2, -0.15) is 4.31 Å². The van der Waals surface area contributed by atoms with Crippen LogP contribution < -0.4 is 5.32 Å². The molecule has 10 heteroatoms. The third kappa shape index (κ3) is 5.19. The molecule has 0 spiro atoms. The summed E-state index contributed by atoms with van der Waals surface area (Å²) in [6, 6.07) is 8.16. The Labute approximate surface area is 173 Å². The summed E-state index contributed by atoms with van der Waals surface area (Å²) in [5.41, 5.74) is -0.624. The Morgan fingerprint density at radius 2 is 1.57 bits per heavy atom. The Morgan fingerprint density at radius 3 is 2.07 bits per heavy atom. The second-order valence-electron chi connectivity index (χ2n) is 6.25. The summed E-state index contributed by atoms with van der Waals surface area (Å²) >= 11 is 0. The van der Waals surface area contributed by atoms with E-state index < -0.39 is 45.3 Å². The molecule has 162 valence electrons. The molecule has 0 radical (unpaired) electrons. The number of rotatable bonds is 8. The number of halogens is 2. The minimum Gasteiger partial charge on any atom is -0.449 e. The number of hydrogen-bond acceptors (Lipinski definition) is 5. The fourth-order valence-electron chi connectivity index (χ4n) is 2.60. The van der Waals surface area contributed by atoms with Gasteiger partial charge in [-0.15, -0.1) is 0 Å². The molecule has 0 aliphatic carbocycles. The molecule has 1 atom stereocenters. The molecule has 0 fully saturated rings. The average molecular weight is 440 g/mol. The molecule has 0 aliphatic rings. The number of hydrogen-bond donors (Lipinski definition) is 1. The fourth-order valence-corrected chi connectivity index (χ4v) is 4.06. The lowest BCUT2D eigenvalue weighted by molar-refractivity contribution is -0.123. The second kappa shape index (κ2) is 9.77. The van der Waals surface area contributed by atoms with Crippen molar-refractivity contribution >= 4 is 27.6 Å². The number of carbonyl (C=O) groups is 2. The predicted octanol–water partition coefficient (Wildman–Crippen LogP) is 3.18. The zero-order valence-corrected chi connectivity index (χ0v) is 17.5. The highest BCUT2D eigenvalue weighted by molar-refractivity contribution is 7.89. The molecule has 7 nitrogen and oxygen atoms in total. The number of esters is 1. The lowest BCUT2D eigenvalue weighted by Gasteiger charge is -2.18. The maximum absolute atomic E-state index is 13.6. The fraction of sp³-hybridized carbons (Fsp3) is 0.300. The normalized spacial score (nSPS) is 12.5. The number of benzene rings is 2. The molecule has 0 bridgehead atoms. The van der Waals surface area contributed by atoms with Crippen LogP contribution >= 0.6 is 0 Å². The quantitative estimate of drug-likeness (QED) is 0.637. The molecule has 1 unspecified atom stereocenters. The maximum atomic E-state index is 13.6. The molecule has 0 heterocycles. The monoisotopic (exact) mass is 440 g/mol. The smallest absolute Gasteiger partial charge is 0.338 e. The van der Waals surface area contributed by atoms with Gasteiger partial charge in [0, 0.05) is 13.1 Å². The van der Waals surface area contributed by atoms with Crippen molar-refractivity contribution in [2.24, 2.45) is 0 Å². The SMILES string of the molecule is CCN(CC)S(=O)(=O)c1ccc(C(=O)OC(C)C(=O)Nc2c(F)cccc2F)cc1. The highest BCUT2D eigenvalue weighted by Gasteiger charge is 2.24. The van der Waals surface area contributed by atoms with E-state index in [9.17, 15) is 26.8 Å². The standard InChI is InChI=1S/C20H22F2N2O5S/c1-4-24(5-2)30(27,28)15-11-9-14(10-12-15)20(26)29-13(3)19(25)23-18-16(21)7-6-8-17(18)22/h6-13H,4-5H2,1-3H3,(H,23,25). The van der Waals surface area contributed by atoms with Gasteiger partial charge < -0.3 is 10.1 Å². The first-order chi connectivity index (χ1) is 14.1. The first-order valence-corrected chi connectivity index (χ1v) is 10.6. The van der Waals surface area contributed by atoms with Gasteiger partial charge >= 0.3 is 5.97 Å².